The molecule has 0 saturated carbocycles. The molecule has 8 heteroatoms. The summed E-state index contributed by atoms with van der Waals surface area (Å²) in [7, 11) is 0. The first-order chi connectivity index (χ1) is 5.39. The highest BCUT2D eigenvalue weighted by Gasteiger charge is 2.52. The fraction of sp³-hybridized carbons (Fsp3) is 0.500. The molecule has 0 atom stereocenters. The van der Waals surface area contributed by atoms with Gasteiger partial charge in [0, 0.05) is 0 Å². The highest BCUT2D eigenvalue weighted by atomic mass is 35.5. The molecule has 0 aliphatic heterocycles. The van der Waals surface area contributed by atoms with Crippen molar-refractivity contribution in [3.8, 4) is 0 Å². The van der Waals surface area contributed by atoms with Crippen molar-refractivity contribution >= 4 is 42.7 Å². The first-order valence-electron chi connectivity index (χ1n) is 3.09. The van der Waals surface area contributed by atoms with E-state index in [0.717, 1.165) is 0 Å². The van der Waals surface area contributed by atoms with Crippen molar-refractivity contribution in [1.29, 1.82) is 0 Å². The fourth-order valence-corrected chi connectivity index (χ4v) is 0.728. The Morgan fingerprint density at radius 1 is 0.929 bits per heavy atom. The number of carboxylic acids is 3. The van der Waals surface area contributed by atoms with Crippen LogP contribution in [0.3, 0.4) is 0 Å². The zero-order valence-electron chi connectivity index (χ0n) is 7.09. The van der Waals surface area contributed by atoms with Gasteiger partial charge in [0.2, 0.25) is 0 Å². The summed E-state index contributed by atoms with van der Waals surface area (Å²) in [6.07, 6.45) is -0.493. The molecule has 0 saturated heterocycles. The molecule has 6 nitrogen and oxygen atoms in total. The lowest BCUT2D eigenvalue weighted by molar-refractivity contribution is -0.175. The molecule has 0 rings (SSSR count). The third kappa shape index (κ3) is 2.74. The van der Waals surface area contributed by atoms with Crippen molar-refractivity contribution in [3.63, 3.8) is 0 Å². The highest BCUT2D eigenvalue weighted by Crippen LogP contribution is 2.22. The van der Waals surface area contributed by atoms with Crippen LogP contribution in [0, 0.1) is 5.41 Å². The Morgan fingerprint density at radius 2 is 1.14 bits per heavy atom. The van der Waals surface area contributed by atoms with E-state index >= 15 is 0 Å². The summed E-state index contributed by atoms with van der Waals surface area (Å²) >= 11 is 0. The minimum absolute atomic E-state index is 0. The van der Waals surface area contributed by atoms with E-state index in [0.29, 0.717) is 0 Å². The number of carbonyl (C=O) groups is 3. The summed E-state index contributed by atoms with van der Waals surface area (Å²) in [5, 5.41) is 25.2. The summed E-state index contributed by atoms with van der Waals surface area (Å²) in [6.45, 7) is 1.19. The number of hydrogen-bond donors (Lipinski definition) is 3. The zero-order chi connectivity index (χ0) is 9.94. The maximum atomic E-state index is 10.4. The number of halogens is 2. The van der Waals surface area contributed by atoms with Gasteiger partial charge in [-0.05, 0) is 6.42 Å². The maximum absolute atomic E-state index is 10.4. The Morgan fingerprint density at radius 3 is 1.14 bits per heavy atom. The SMILES string of the molecule is CCC(C(=O)O)(C(=O)O)C(=O)O.Cl.Cl. The van der Waals surface area contributed by atoms with Gasteiger partial charge in [0.25, 0.3) is 5.41 Å². The minimum atomic E-state index is -2.71. The standard InChI is InChI=1S/C6H8O6.2ClH/c1-2-6(3(7)8,4(9)10)5(11)12;;/h2H2,1H3,(H,7,8)(H,9,10)(H,11,12);2*1H. The molecule has 0 spiro atoms. The molecule has 0 aromatic heterocycles. The molecule has 0 aromatic carbocycles. The van der Waals surface area contributed by atoms with Crippen LogP contribution in [0.25, 0.3) is 0 Å². The molecule has 3 N–H and O–H groups in total. The average molecular weight is 249 g/mol. The van der Waals surface area contributed by atoms with E-state index in [1.54, 1.807) is 0 Å². The van der Waals surface area contributed by atoms with Crippen molar-refractivity contribution in [1.82, 2.24) is 0 Å². The van der Waals surface area contributed by atoms with Crippen LogP contribution in [-0.4, -0.2) is 33.2 Å². The second-order valence-electron chi connectivity index (χ2n) is 2.17. The largest absolute Gasteiger partial charge is 0.480 e. The summed E-state index contributed by atoms with van der Waals surface area (Å²) < 4.78 is 0. The Bertz CT molecular complexity index is 202. The van der Waals surface area contributed by atoms with Crippen molar-refractivity contribution in [3.05, 3.63) is 0 Å². The van der Waals surface area contributed by atoms with E-state index < -0.39 is 29.7 Å². The number of rotatable bonds is 4. The first kappa shape index (κ1) is 18.7. The normalized spacial score (nSPS) is 9.21. The fourth-order valence-electron chi connectivity index (χ4n) is 0.728. The van der Waals surface area contributed by atoms with Gasteiger partial charge in [0.05, 0.1) is 0 Å². The predicted molar refractivity (Wildman–Crippen MR) is 50.1 cm³/mol. The topological polar surface area (TPSA) is 112 Å². The van der Waals surface area contributed by atoms with Crippen LogP contribution < -0.4 is 0 Å². The lowest BCUT2D eigenvalue weighted by Crippen LogP contribution is -2.45. The van der Waals surface area contributed by atoms with Gasteiger partial charge >= 0.3 is 17.9 Å². The van der Waals surface area contributed by atoms with Gasteiger partial charge < -0.3 is 15.3 Å². The van der Waals surface area contributed by atoms with Crippen LogP contribution >= 0.6 is 24.8 Å². The van der Waals surface area contributed by atoms with Crippen LogP contribution in [0.5, 0.6) is 0 Å². The summed E-state index contributed by atoms with van der Waals surface area (Å²) in [5.74, 6) is -5.57. The summed E-state index contributed by atoms with van der Waals surface area (Å²) in [5.41, 5.74) is -2.71. The van der Waals surface area contributed by atoms with E-state index in [-0.39, 0.29) is 24.8 Å². The van der Waals surface area contributed by atoms with E-state index in [1.807, 2.05) is 0 Å². The highest BCUT2D eigenvalue weighted by molar-refractivity contribution is 6.16. The van der Waals surface area contributed by atoms with Crippen molar-refractivity contribution < 1.29 is 29.7 Å². The molecule has 0 fully saturated rings. The molecule has 0 aromatic rings. The third-order valence-electron chi connectivity index (χ3n) is 1.63. The van der Waals surface area contributed by atoms with Gasteiger partial charge in [-0.1, -0.05) is 6.92 Å². The second kappa shape index (κ2) is 6.44. The Hall–Kier alpha value is -1.01. The Balaban J connectivity index is -0.000000605. The van der Waals surface area contributed by atoms with Gasteiger partial charge in [0.15, 0.2) is 0 Å². The minimum Gasteiger partial charge on any atom is -0.480 e. The molecule has 0 bridgehead atoms. The maximum Gasteiger partial charge on any atom is 0.332 e. The van der Waals surface area contributed by atoms with E-state index in [9.17, 15) is 14.4 Å². The van der Waals surface area contributed by atoms with Gasteiger partial charge in [-0.25, -0.2) is 0 Å². The Kier molecular flexibility index (Phi) is 8.61. The van der Waals surface area contributed by atoms with Crippen LogP contribution in [0.4, 0.5) is 0 Å². The molecular weight excluding hydrogens is 239 g/mol. The number of hydrogen-bond acceptors (Lipinski definition) is 3. The average Bonchev–Trinajstić information content (AvgIpc) is 1.86. The lowest BCUT2D eigenvalue weighted by Gasteiger charge is -2.16. The van der Waals surface area contributed by atoms with Gasteiger partial charge in [-0.15, -0.1) is 24.8 Å². The van der Waals surface area contributed by atoms with Crippen LogP contribution in [0.2, 0.25) is 0 Å². The number of aliphatic carboxylic acids is 3. The van der Waals surface area contributed by atoms with Crippen molar-refractivity contribution in [2.75, 3.05) is 0 Å². The molecule has 14 heavy (non-hydrogen) atoms. The van der Waals surface area contributed by atoms with Crippen LogP contribution in [0.1, 0.15) is 13.3 Å². The monoisotopic (exact) mass is 248 g/mol. The second-order valence-corrected chi connectivity index (χ2v) is 2.17. The zero-order valence-corrected chi connectivity index (χ0v) is 8.72. The lowest BCUT2D eigenvalue weighted by atomic mass is 9.85. The van der Waals surface area contributed by atoms with Gasteiger partial charge in [-0.2, -0.15) is 0 Å². The molecule has 0 heterocycles. The first-order valence-corrected chi connectivity index (χ1v) is 3.09. The molecule has 84 valence electrons. The molecule has 0 unspecified atom stereocenters. The molecular formula is C6H10Cl2O6. The molecule has 0 aliphatic carbocycles. The third-order valence-corrected chi connectivity index (χ3v) is 1.63. The smallest absolute Gasteiger partial charge is 0.332 e. The summed E-state index contributed by atoms with van der Waals surface area (Å²) in [4.78, 5) is 31.1. The van der Waals surface area contributed by atoms with E-state index in [1.165, 1.54) is 6.92 Å². The predicted octanol–water partition coefficient (Wildman–Crippen LogP) is 0.480. The Labute approximate surface area is 91.7 Å². The molecule has 0 aliphatic rings. The van der Waals surface area contributed by atoms with E-state index in [2.05, 4.69) is 0 Å². The summed E-state index contributed by atoms with van der Waals surface area (Å²) in [6, 6.07) is 0. The number of carboxylic acid groups (broad SMARTS) is 3. The van der Waals surface area contributed by atoms with Gasteiger partial charge in [-0.3, -0.25) is 14.4 Å². The quantitative estimate of drug-likeness (QED) is 0.624. The van der Waals surface area contributed by atoms with Crippen molar-refractivity contribution in [2.45, 2.75) is 13.3 Å². The van der Waals surface area contributed by atoms with Gasteiger partial charge in [0.1, 0.15) is 0 Å². The molecule has 0 radical (unpaired) electrons. The van der Waals surface area contributed by atoms with E-state index in [4.69, 9.17) is 15.3 Å². The molecule has 0 amide bonds. The van der Waals surface area contributed by atoms with Crippen molar-refractivity contribution in [2.24, 2.45) is 5.41 Å². The van der Waals surface area contributed by atoms with Crippen LogP contribution in [0.15, 0.2) is 0 Å². The van der Waals surface area contributed by atoms with Crippen LogP contribution in [-0.2, 0) is 14.4 Å².